The standard InChI is InChI=1S/C15H16N4O2/c1-10-18-14(21-19-10)6-8-17-15-13-9-12(20-2)4-3-11(13)5-7-16-15/h3-5,7,9H,6,8H2,1-2H3,(H,16,17). The minimum absolute atomic E-state index is 0.623. The number of anilines is 1. The number of nitrogens with zero attached hydrogens (tertiary/aromatic N) is 3. The van der Waals surface area contributed by atoms with Crippen molar-refractivity contribution in [2.24, 2.45) is 0 Å². The molecule has 2 aromatic heterocycles. The zero-order valence-corrected chi connectivity index (χ0v) is 12.0. The largest absolute Gasteiger partial charge is 0.497 e. The van der Waals surface area contributed by atoms with Gasteiger partial charge < -0.3 is 14.6 Å². The fourth-order valence-electron chi connectivity index (χ4n) is 2.14. The second kappa shape index (κ2) is 5.78. The fourth-order valence-corrected chi connectivity index (χ4v) is 2.14. The van der Waals surface area contributed by atoms with Crippen LogP contribution in [0, 0.1) is 6.92 Å². The van der Waals surface area contributed by atoms with Crippen molar-refractivity contribution in [2.75, 3.05) is 19.0 Å². The molecule has 2 heterocycles. The van der Waals surface area contributed by atoms with Gasteiger partial charge in [-0.25, -0.2) is 4.98 Å². The molecular weight excluding hydrogens is 268 g/mol. The number of fused-ring (bicyclic) bond motifs is 1. The van der Waals surface area contributed by atoms with Gasteiger partial charge in [0.2, 0.25) is 5.89 Å². The van der Waals surface area contributed by atoms with Crippen LogP contribution >= 0.6 is 0 Å². The van der Waals surface area contributed by atoms with E-state index in [0.29, 0.717) is 24.7 Å². The number of hydrogen-bond acceptors (Lipinski definition) is 6. The normalized spacial score (nSPS) is 10.8. The first-order chi connectivity index (χ1) is 10.3. The van der Waals surface area contributed by atoms with Crippen molar-refractivity contribution in [3.63, 3.8) is 0 Å². The van der Waals surface area contributed by atoms with Gasteiger partial charge in [-0.2, -0.15) is 4.98 Å². The molecule has 21 heavy (non-hydrogen) atoms. The number of benzene rings is 1. The van der Waals surface area contributed by atoms with E-state index >= 15 is 0 Å². The van der Waals surface area contributed by atoms with E-state index in [2.05, 4.69) is 20.4 Å². The Morgan fingerprint density at radius 2 is 2.19 bits per heavy atom. The first-order valence-electron chi connectivity index (χ1n) is 6.72. The lowest BCUT2D eigenvalue weighted by atomic mass is 10.1. The number of nitrogens with one attached hydrogen (secondary N) is 1. The zero-order chi connectivity index (χ0) is 14.7. The van der Waals surface area contributed by atoms with Crippen LogP contribution in [0.3, 0.4) is 0 Å². The van der Waals surface area contributed by atoms with Gasteiger partial charge in [0.15, 0.2) is 5.82 Å². The molecule has 3 aromatic rings. The predicted octanol–water partition coefficient (Wildman–Crippen LogP) is 2.59. The zero-order valence-electron chi connectivity index (χ0n) is 12.0. The van der Waals surface area contributed by atoms with Gasteiger partial charge in [0, 0.05) is 24.5 Å². The van der Waals surface area contributed by atoms with Crippen molar-refractivity contribution >= 4 is 16.6 Å². The van der Waals surface area contributed by atoms with E-state index in [1.807, 2.05) is 24.3 Å². The highest BCUT2D eigenvalue weighted by Crippen LogP contribution is 2.25. The van der Waals surface area contributed by atoms with Gasteiger partial charge in [-0.05, 0) is 30.5 Å². The summed E-state index contributed by atoms with van der Waals surface area (Å²) >= 11 is 0. The molecule has 3 rings (SSSR count). The van der Waals surface area contributed by atoms with Gasteiger partial charge in [0.1, 0.15) is 11.6 Å². The molecule has 0 aliphatic heterocycles. The monoisotopic (exact) mass is 284 g/mol. The lowest BCUT2D eigenvalue weighted by Gasteiger charge is -2.09. The van der Waals surface area contributed by atoms with Gasteiger partial charge in [-0.1, -0.05) is 11.2 Å². The molecule has 108 valence electrons. The van der Waals surface area contributed by atoms with Crippen LogP contribution in [-0.2, 0) is 6.42 Å². The molecule has 0 saturated heterocycles. The summed E-state index contributed by atoms with van der Waals surface area (Å²) in [5.41, 5.74) is 0. The van der Waals surface area contributed by atoms with Crippen molar-refractivity contribution in [1.82, 2.24) is 15.1 Å². The molecule has 6 nitrogen and oxygen atoms in total. The molecule has 0 unspecified atom stereocenters. The summed E-state index contributed by atoms with van der Waals surface area (Å²) in [6, 6.07) is 7.90. The average Bonchev–Trinajstić information content (AvgIpc) is 2.92. The summed E-state index contributed by atoms with van der Waals surface area (Å²) in [6.07, 6.45) is 2.44. The van der Waals surface area contributed by atoms with E-state index < -0.39 is 0 Å². The molecule has 0 spiro atoms. The molecule has 6 heteroatoms. The Morgan fingerprint density at radius 1 is 1.29 bits per heavy atom. The minimum atomic E-state index is 0.623. The molecule has 1 N–H and O–H groups in total. The highest BCUT2D eigenvalue weighted by Gasteiger charge is 2.06. The third kappa shape index (κ3) is 2.94. The van der Waals surface area contributed by atoms with Crippen molar-refractivity contribution in [3.8, 4) is 5.75 Å². The molecular formula is C15H16N4O2. The van der Waals surface area contributed by atoms with E-state index in [0.717, 1.165) is 22.3 Å². The van der Waals surface area contributed by atoms with E-state index in [1.165, 1.54) is 0 Å². The molecule has 0 aliphatic carbocycles. The third-order valence-electron chi connectivity index (χ3n) is 3.17. The Bertz CT molecular complexity index is 754. The molecule has 0 bridgehead atoms. The Balaban J connectivity index is 1.76. The minimum Gasteiger partial charge on any atom is -0.497 e. The van der Waals surface area contributed by atoms with Crippen molar-refractivity contribution in [3.05, 3.63) is 42.2 Å². The molecule has 0 atom stereocenters. The van der Waals surface area contributed by atoms with Crippen LogP contribution in [0.1, 0.15) is 11.7 Å². The van der Waals surface area contributed by atoms with Crippen LogP contribution in [0.4, 0.5) is 5.82 Å². The van der Waals surface area contributed by atoms with Crippen molar-refractivity contribution in [1.29, 1.82) is 0 Å². The second-order valence-corrected chi connectivity index (χ2v) is 4.66. The lowest BCUT2D eigenvalue weighted by Crippen LogP contribution is -2.07. The first-order valence-corrected chi connectivity index (χ1v) is 6.72. The number of aryl methyl sites for hydroxylation is 1. The number of pyridine rings is 1. The maximum Gasteiger partial charge on any atom is 0.228 e. The number of aromatic nitrogens is 3. The van der Waals surface area contributed by atoms with Gasteiger partial charge >= 0.3 is 0 Å². The molecule has 0 amide bonds. The van der Waals surface area contributed by atoms with Gasteiger partial charge in [0.05, 0.1) is 7.11 Å². The summed E-state index contributed by atoms with van der Waals surface area (Å²) in [7, 11) is 1.66. The van der Waals surface area contributed by atoms with E-state index in [9.17, 15) is 0 Å². The van der Waals surface area contributed by atoms with E-state index in [-0.39, 0.29) is 0 Å². The maximum atomic E-state index is 5.27. The van der Waals surface area contributed by atoms with Gasteiger partial charge in [-0.3, -0.25) is 0 Å². The summed E-state index contributed by atoms with van der Waals surface area (Å²) in [4.78, 5) is 8.56. The summed E-state index contributed by atoms with van der Waals surface area (Å²) in [6.45, 7) is 2.48. The smallest absolute Gasteiger partial charge is 0.228 e. The number of ether oxygens (including phenoxy) is 1. The van der Waals surface area contributed by atoms with Crippen LogP contribution in [0.25, 0.3) is 10.8 Å². The Morgan fingerprint density at radius 3 is 2.95 bits per heavy atom. The van der Waals surface area contributed by atoms with Crippen molar-refractivity contribution < 1.29 is 9.26 Å². The Labute approximate surface area is 122 Å². The highest BCUT2D eigenvalue weighted by atomic mass is 16.5. The summed E-state index contributed by atoms with van der Waals surface area (Å²) in [5.74, 6) is 2.91. The average molecular weight is 284 g/mol. The highest BCUT2D eigenvalue weighted by molar-refractivity contribution is 5.92. The Kier molecular flexibility index (Phi) is 3.68. The van der Waals surface area contributed by atoms with Crippen LogP contribution in [-0.4, -0.2) is 28.8 Å². The van der Waals surface area contributed by atoms with Gasteiger partial charge in [-0.15, -0.1) is 0 Å². The van der Waals surface area contributed by atoms with Gasteiger partial charge in [0.25, 0.3) is 0 Å². The summed E-state index contributed by atoms with van der Waals surface area (Å²) < 4.78 is 10.3. The van der Waals surface area contributed by atoms with Crippen LogP contribution < -0.4 is 10.1 Å². The number of methoxy groups -OCH3 is 1. The quantitative estimate of drug-likeness (QED) is 0.776. The lowest BCUT2D eigenvalue weighted by molar-refractivity contribution is 0.377. The number of hydrogen-bond donors (Lipinski definition) is 1. The molecule has 1 aromatic carbocycles. The van der Waals surface area contributed by atoms with Crippen LogP contribution in [0.2, 0.25) is 0 Å². The predicted molar refractivity (Wildman–Crippen MR) is 79.5 cm³/mol. The molecule has 0 radical (unpaired) electrons. The topological polar surface area (TPSA) is 73.1 Å². The SMILES string of the molecule is COc1ccc2ccnc(NCCc3nc(C)no3)c2c1. The van der Waals surface area contributed by atoms with E-state index in [1.54, 1.807) is 20.2 Å². The summed E-state index contributed by atoms with van der Waals surface area (Å²) in [5, 5.41) is 9.21. The molecule has 0 saturated carbocycles. The van der Waals surface area contributed by atoms with Crippen LogP contribution in [0.5, 0.6) is 5.75 Å². The van der Waals surface area contributed by atoms with E-state index in [4.69, 9.17) is 9.26 Å². The number of rotatable bonds is 5. The molecule has 0 fully saturated rings. The Hall–Kier alpha value is -2.63. The first kappa shape index (κ1) is 13.4. The van der Waals surface area contributed by atoms with Crippen molar-refractivity contribution in [2.45, 2.75) is 13.3 Å². The third-order valence-corrected chi connectivity index (χ3v) is 3.17. The maximum absolute atomic E-state index is 5.27. The van der Waals surface area contributed by atoms with Crippen LogP contribution in [0.15, 0.2) is 35.0 Å². The molecule has 0 aliphatic rings. The fraction of sp³-hybridized carbons (Fsp3) is 0.267. The second-order valence-electron chi connectivity index (χ2n) is 4.66.